The van der Waals surface area contributed by atoms with Crippen molar-refractivity contribution in [3.8, 4) is 0 Å². The fraction of sp³-hybridized carbons (Fsp3) is 0.571. The molecule has 2 N–H and O–H groups in total. The van der Waals surface area contributed by atoms with Gasteiger partial charge in [-0.3, -0.25) is 14.3 Å². The molecule has 1 fully saturated rings. The maximum absolute atomic E-state index is 12.0. The second-order valence-electron chi connectivity index (χ2n) is 5.21. The quantitative estimate of drug-likeness (QED) is 0.712. The van der Waals surface area contributed by atoms with Crippen molar-refractivity contribution in [2.75, 3.05) is 26.2 Å². The lowest BCUT2D eigenvalue weighted by molar-refractivity contribution is -0.108. The van der Waals surface area contributed by atoms with Gasteiger partial charge in [-0.15, -0.1) is 0 Å². The van der Waals surface area contributed by atoms with Gasteiger partial charge in [-0.25, -0.2) is 4.21 Å². The molecule has 0 bridgehead atoms. The highest BCUT2D eigenvalue weighted by Crippen LogP contribution is 2.16. The molecule has 0 aromatic carbocycles. The minimum Gasteiger partial charge on any atom is -0.440 e. The number of rotatable bonds is 7. The van der Waals surface area contributed by atoms with Gasteiger partial charge in [-0.05, 0) is 50.5 Å². The molecule has 7 nitrogen and oxygen atoms in total. The minimum atomic E-state index is -1.76. The maximum atomic E-state index is 12.0. The van der Waals surface area contributed by atoms with Crippen molar-refractivity contribution in [2.45, 2.75) is 24.9 Å². The topological polar surface area (TPSA) is 91.7 Å². The summed E-state index contributed by atoms with van der Waals surface area (Å²) in [6.07, 6.45) is 2.47. The molecule has 122 valence electrons. The van der Waals surface area contributed by atoms with Crippen LogP contribution in [0, 0.1) is 5.92 Å². The summed E-state index contributed by atoms with van der Waals surface area (Å²) in [4.78, 5) is 24.6. The average Bonchev–Trinajstić information content (AvgIpc) is 3.03. The van der Waals surface area contributed by atoms with E-state index in [2.05, 4.69) is 21.9 Å². The molecule has 1 atom stereocenters. The van der Waals surface area contributed by atoms with E-state index >= 15 is 0 Å². The fourth-order valence-electron chi connectivity index (χ4n) is 2.47. The van der Waals surface area contributed by atoms with Crippen LogP contribution in [-0.4, -0.2) is 47.6 Å². The lowest BCUT2D eigenvalue weighted by Crippen LogP contribution is -2.38. The third-order valence-corrected chi connectivity index (χ3v) is 4.74. The first-order valence-electron chi connectivity index (χ1n) is 7.36. The Balaban J connectivity index is 1.80. The molecular formula is C14H21N3O4S. The predicted octanol–water partition coefficient (Wildman–Crippen LogP) is 0.510. The molecule has 8 heteroatoms. The molecule has 1 aromatic heterocycles. The third kappa shape index (κ3) is 4.41. The van der Waals surface area contributed by atoms with Crippen molar-refractivity contribution in [3.63, 3.8) is 0 Å². The van der Waals surface area contributed by atoms with Gasteiger partial charge < -0.3 is 14.6 Å². The second-order valence-corrected chi connectivity index (χ2v) is 6.39. The van der Waals surface area contributed by atoms with E-state index in [0.717, 1.165) is 32.5 Å². The zero-order valence-corrected chi connectivity index (χ0v) is 13.4. The molecular weight excluding hydrogens is 306 g/mol. The number of nitrogens with one attached hydrogen (secondary N) is 2. The van der Waals surface area contributed by atoms with Gasteiger partial charge in [0.25, 0.3) is 5.91 Å². The van der Waals surface area contributed by atoms with Crippen LogP contribution in [0.3, 0.4) is 0 Å². The molecule has 1 aliphatic heterocycles. The van der Waals surface area contributed by atoms with Crippen molar-refractivity contribution in [1.82, 2.24) is 14.9 Å². The Morgan fingerprint density at radius 1 is 1.45 bits per heavy atom. The Bertz CT molecular complexity index is 538. The Kier molecular flexibility index (Phi) is 6.14. The van der Waals surface area contributed by atoms with Crippen LogP contribution in [-0.2, 0) is 15.8 Å². The van der Waals surface area contributed by atoms with E-state index in [1.807, 2.05) is 0 Å². The van der Waals surface area contributed by atoms with Gasteiger partial charge >= 0.3 is 0 Å². The molecule has 2 heterocycles. The molecule has 0 spiro atoms. The average molecular weight is 327 g/mol. The summed E-state index contributed by atoms with van der Waals surface area (Å²) in [6.45, 7) is 5.97. The normalized spacial score (nSPS) is 17.9. The van der Waals surface area contributed by atoms with Gasteiger partial charge in [0, 0.05) is 6.54 Å². The molecule has 0 saturated carbocycles. The van der Waals surface area contributed by atoms with E-state index in [1.54, 1.807) is 0 Å². The van der Waals surface area contributed by atoms with Crippen LogP contribution in [0.1, 0.15) is 30.3 Å². The maximum Gasteiger partial charge on any atom is 0.287 e. The van der Waals surface area contributed by atoms with Crippen LogP contribution in [0.2, 0.25) is 0 Å². The highest BCUT2D eigenvalue weighted by atomic mass is 32.2. The minimum absolute atomic E-state index is 0.0495. The smallest absolute Gasteiger partial charge is 0.287 e. The highest BCUT2D eigenvalue weighted by molar-refractivity contribution is 7.83. The molecule has 2 rings (SSSR count). The number of carbonyl (C=O) groups excluding carboxylic acids is 2. The van der Waals surface area contributed by atoms with Crippen molar-refractivity contribution in [3.05, 3.63) is 17.9 Å². The first kappa shape index (κ1) is 16.7. The number of carbonyl (C=O) groups is 2. The summed E-state index contributed by atoms with van der Waals surface area (Å²) in [6, 6.07) is 2.87. The van der Waals surface area contributed by atoms with Gasteiger partial charge in [0.1, 0.15) is 0 Å². The van der Waals surface area contributed by atoms with Crippen LogP contribution in [0.15, 0.2) is 21.6 Å². The zero-order valence-electron chi connectivity index (χ0n) is 12.5. The molecule has 0 aliphatic carbocycles. The number of furan rings is 1. The second kappa shape index (κ2) is 8.09. The number of nitrogens with zero attached hydrogens (tertiary/aromatic N) is 1. The van der Waals surface area contributed by atoms with Gasteiger partial charge in [-0.1, -0.05) is 6.92 Å². The Morgan fingerprint density at radius 3 is 2.82 bits per heavy atom. The van der Waals surface area contributed by atoms with Gasteiger partial charge in [-0.2, -0.15) is 0 Å². The molecule has 0 radical (unpaired) electrons. The van der Waals surface area contributed by atoms with Crippen LogP contribution in [0.5, 0.6) is 0 Å². The summed E-state index contributed by atoms with van der Waals surface area (Å²) < 4.78 is 18.7. The summed E-state index contributed by atoms with van der Waals surface area (Å²) >= 11 is 0. The summed E-state index contributed by atoms with van der Waals surface area (Å²) in [7, 11) is -1.76. The van der Waals surface area contributed by atoms with E-state index in [4.69, 9.17) is 4.42 Å². The van der Waals surface area contributed by atoms with E-state index < -0.39 is 11.0 Å². The molecule has 1 unspecified atom stereocenters. The summed E-state index contributed by atoms with van der Waals surface area (Å²) in [5.41, 5.74) is 0. The predicted molar refractivity (Wildman–Crippen MR) is 81.5 cm³/mol. The number of piperidine rings is 1. The number of hydrogen-bond donors (Lipinski definition) is 2. The van der Waals surface area contributed by atoms with Crippen LogP contribution < -0.4 is 10.0 Å². The SMILES string of the molecule is CCN1CCC(CNC(=O)c2ccc(S(=O)NC=O)o2)CC1. The number of hydrogen-bond acceptors (Lipinski definition) is 5. The summed E-state index contributed by atoms with van der Waals surface area (Å²) in [5.74, 6) is 0.251. The van der Waals surface area contributed by atoms with E-state index in [9.17, 15) is 13.8 Å². The van der Waals surface area contributed by atoms with E-state index in [1.165, 1.54) is 12.1 Å². The summed E-state index contributed by atoms with van der Waals surface area (Å²) in [5, 5.41) is 2.90. The lowest BCUT2D eigenvalue weighted by atomic mass is 9.97. The highest BCUT2D eigenvalue weighted by Gasteiger charge is 2.20. The van der Waals surface area contributed by atoms with Gasteiger partial charge in [0.05, 0.1) is 0 Å². The van der Waals surface area contributed by atoms with Gasteiger partial charge in [0.2, 0.25) is 11.5 Å². The standard InChI is InChI=1S/C14H21N3O4S/c1-2-17-7-5-11(6-8-17)9-15-14(19)12-3-4-13(21-12)22(20)16-10-18/h3-4,10-11H,2,5-9H2,1H3,(H,15,19)(H,16,18). The van der Waals surface area contributed by atoms with Crippen LogP contribution in [0.25, 0.3) is 0 Å². The lowest BCUT2D eigenvalue weighted by Gasteiger charge is -2.30. The Morgan fingerprint density at radius 2 is 2.18 bits per heavy atom. The van der Waals surface area contributed by atoms with Crippen molar-refractivity contribution >= 4 is 23.3 Å². The van der Waals surface area contributed by atoms with Crippen LogP contribution in [0.4, 0.5) is 0 Å². The Hall–Kier alpha value is -1.67. The molecule has 1 saturated heterocycles. The van der Waals surface area contributed by atoms with Gasteiger partial charge in [0.15, 0.2) is 16.7 Å². The third-order valence-electron chi connectivity index (χ3n) is 3.85. The molecule has 22 heavy (non-hydrogen) atoms. The molecule has 2 amide bonds. The van der Waals surface area contributed by atoms with E-state index in [0.29, 0.717) is 18.9 Å². The first-order chi connectivity index (χ1) is 10.6. The van der Waals surface area contributed by atoms with Crippen molar-refractivity contribution in [2.24, 2.45) is 5.92 Å². The Labute approximate surface area is 132 Å². The number of amides is 2. The van der Waals surface area contributed by atoms with Crippen molar-refractivity contribution in [1.29, 1.82) is 0 Å². The monoisotopic (exact) mass is 327 g/mol. The largest absolute Gasteiger partial charge is 0.440 e. The van der Waals surface area contributed by atoms with Crippen LogP contribution >= 0.6 is 0 Å². The fourth-order valence-corrected chi connectivity index (χ4v) is 3.04. The number of likely N-dealkylation sites (tertiary alicyclic amines) is 1. The molecule has 1 aliphatic rings. The van der Waals surface area contributed by atoms with E-state index in [-0.39, 0.29) is 16.8 Å². The first-order valence-corrected chi connectivity index (χ1v) is 8.51. The zero-order chi connectivity index (χ0) is 15.9. The van der Waals surface area contributed by atoms with Crippen molar-refractivity contribution < 1.29 is 18.2 Å². The molecule has 1 aromatic rings.